The lowest BCUT2D eigenvalue weighted by Crippen LogP contribution is -2.35. The van der Waals surface area contributed by atoms with E-state index in [1.165, 1.54) is 5.56 Å². The van der Waals surface area contributed by atoms with Crippen LogP contribution in [0.4, 0.5) is 5.69 Å². The minimum absolute atomic E-state index is 0.0400. The Balaban J connectivity index is 1.68. The molecular formula is C23H21BrN4O2. The smallest absolute Gasteiger partial charge is 0.259 e. The van der Waals surface area contributed by atoms with E-state index in [-0.39, 0.29) is 11.9 Å². The van der Waals surface area contributed by atoms with Crippen LogP contribution in [0.15, 0.2) is 57.7 Å². The zero-order chi connectivity index (χ0) is 20.8. The van der Waals surface area contributed by atoms with Crippen molar-refractivity contribution in [3.63, 3.8) is 0 Å². The van der Waals surface area contributed by atoms with Crippen molar-refractivity contribution in [3.05, 3.63) is 64.5 Å². The standard InChI is InChI=1S/C23H21BrN4O2/c1-14(2)28-22-18(13-25-28)17(12-19(26-22)21-6-4-10-30-21)23(29)27-9-3-5-15-11-16(24)7-8-20(15)27/h4,6-8,10-14H,3,5,9H2,1-2H3. The number of aromatic nitrogens is 3. The number of carbonyl (C=O) groups excluding carboxylic acids is 1. The fourth-order valence-electron chi connectivity index (χ4n) is 4.05. The molecule has 1 aliphatic rings. The summed E-state index contributed by atoms with van der Waals surface area (Å²) < 4.78 is 8.45. The van der Waals surface area contributed by atoms with Crippen LogP contribution >= 0.6 is 15.9 Å². The topological polar surface area (TPSA) is 64.2 Å². The highest BCUT2D eigenvalue weighted by Crippen LogP contribution is 2.33. The number of fused-ring (bicyclic) bond motifs is 2. The number of nitrogens with zero attached hydrogens (tertiary/aromatic N) is 4. The molecule has 0 spiro atoms. The maximum absolute atomic E-state index is 13.8. The molecule has 30 heavy (non-hydrogen) atoms. The zero-order valence-corrected chi connectivity index (χ0v) is 18.4. The normalized spacial score (nSPS) is 13.8. The van der Waals surface area contributed by atoms with E-state index in [2.05, 4.69) is 27.1 Å². The summed E-state index contributed by atoms with van der Waals surface area (Å²) >= 11 is 3.54. The summed E-state index contributed by atoms with van der Waals surface area (Å²) in [5.41, 5.74) is 4.06. The first kappa shape index (κ1) is 19.1. The van der Waals surface area contributed by atoms with Crippen LogP contribution < -0.4 is 4.90 Å². The van der Waals surface area contributed by atoms with Crippen molar-refractivity contribution in [2.75, 3.05) is 11.4 Å². The molecule has 152 valence electrons. The van der Waals surface area contributed by atoms with Gasteiger partial charge in [-0.25, -0.2) is 9.67 Å². The molecule has 0 aliphatic carbocycles. The minimum atomic E-state index is -0.0400. The molecule has 5 rings (SSSR count). The van der Waals surface area contributed by atoms with Gasteiger partial charge in [0, 0.05) is 22.7 Å². The quantitative estimate of drug-likeness (QED) is 0.394. The van der Waals surface area contributed by atoms with E-state index in [4.69, 9.17) is 9.40 Å². The highest BCUT2D eigenvalue weighted by atomic mass is 79.9. The number of aryl methyl sites for hydroxylation is 1. The molecule has 0 atom stereocenters. The Morgan fingerprint density at radius 2 is 2.10 bits per heavy atom. The molecule has 0 radical (unpaired) electrons. The molecule has 0 saturated carbocycles. The molecule has 4 aromatic rings. The number of amides is 1. The first-order valence-electron chi connectivity index (χ1n) is 10.1. The van der Waals surface area contributed by atoms with Gasteiger partial charge >= 0.3 is 0 Å². The number of pyridine rings is 1. The SMILES string of the molecule is CC(C)n1ncc2c(C(=O)N3CCCc4cc(Br)ccc43)cc(-c3ccco3)nc21. The Bertz CT molecular complexity index is 1240. The number of halogens is 1. The van der Waals surface area contributed by atoms with Gasteiger partial charge in [0.15, 0.2) is 11.4 Å². The van der Waals surface area contributed by atoms with Crippen molar-refractivity contribution < 1.29 is 9.21 Å². The van der Waals surface area contributed by atoms with E-state index in [0.29, 0.717) is 29.2 Å². The number of benzene rings is 1. The maximum atomic E-state index is 13.8. The zero-order valence-electron chi connectivity index (χ0n) is 16.8. The Labute approximate surface area is 182 Å². The van der Waals surface area contributed by atoms with Crippen molar-refractivity contribution >= 4 is 38.6 Å². The molecule has 7 heteroatoms. The van der Waals surface area contributed by atoms with Gasteiger partial charge in [-0.05, 0) is 68.7 Å². The summed E-state index contributed by atoms with van der Waals surface area (Å²) in [6, 6.07) is 11.7. The minimum Gasteiger partial charge on any atom is -0.463 e. The first-order chi connectivity index (χ1) is 14.5. The van der Waals surface area contributed by atoms with E-state index in [0.717, 1.165) is 28.4 Å². The number of hydrogen-bond acceptors (Lipinski definition) is 4. The average molecular weight is 465 g/mol. The second-order valence-electron chi connectivity index (χ2n) is 7.79. The van der Waals surface area contributed by atoms with Crippen molar-refractivity contribution in [2.24, 2.45) is 0 Å². The van der Waals surface area contributed by atoms with Gasteiger partial charge in [-0.2, -0.15) is 5.10 Å². The van der Waals surface area contributed by atoms with Crippen LogP contribution in [0.5, 0.6) is 0 Å². The molecule has 0 N–H and O–H groups in total. The van der Waals surface area contributed by atoms with Crippen LogP contribution in [-0.2, 0) is 6.42 Å². The molecule has 1 aromatic carbocycles. The fraction of sp³-hybridized carbons (Fsp3) is 0.261. The van der Waals surface area contributed by atoms with E-state index in [9.17, 15) is 4.79 Å². The van der Waals surface area contributed by atoms with Gasteiger partial charge in [-0.1, -0.05) is 15.9 Å². The fourth-order valence-corrected chi connectivity index (χ4v) is 4.45. The highest BCUT2D eigenvalue weighted by molar-refractivity contribution is 9.10. The maximum Gasteiger partial charge on any atom is 0.259 e. The van der Waals surface area contributed by atoms with Gasteiger partial charge < -0.3 is 9.32 Å². The Kier molecular flexibility index (Phi) is 4.70. The second-order valence-corrected chi connectivity index (χ2v) is 8.70. The largest absolute Gasteiger partial charge is 0.463 e. The molecular weight excluding hydrogens is 444 g/mol. The lowest BCUT2D eigenvalue weighted by molar-refractivity contribution is 0.0986. The average Bonchev–Trinajstić information content (AvgIpc) is 3.41. The van der Waals surface area contributed by atoms with Gasteiger partial charge in [-0.3, -0.25) is 4.79 Å². The summed E-state index contributed by atoms with van der Waals surface area (Å²) in [6.07, 6.45) is 5.25. The van der Waals surface area contributed by atoms with Crippen LogP contribution in [0, 0.1) is 0 Å². The van der Waals surface area contributed by atoms with Crippen LogP contribution in [0.2, 0.25) is 0 Å². The summed E-state index contributed by atoms with van der Waals surface area (Å²) in [7, 11) is 0. The monoisotopic (exact) mass is 464 g/mol. The first-order valence-corrected chi connectivity index (χ1v) is 10.8. The van der Waals surface area contributed by atoms with E-state index in [1.54, 1.807) is 12.5 Å². The van der Waals surface area contributed by atoms with Crippen molar-refractivity contribution in [1.82, 2.24) is 14.8 Å². The lowest BCUT2D eigenvalue weighted by Gasteiger charge is -2.30. The van der Waals surface area contributed by atoms with Gasteiger partial charge in [0.05, 0.1) is 23.4 Å². The molecule has 0 unspecified atom stereocenters. The van der Waals surface area contributed by atoms with Crippen molar-refractivity contribution in [2.45, 2.75) is 32.7 Å². The third-order valence-electron chi connectivity index (χ3n) is 5.47. The predicted molar refractivity (Wildman–Crippen MR) is 120 cm³/mol. The van der Waals surface area contributed by atoms with Crippen LogP contribution in [0.25, 0.3) is 22.5 Å². The van der Waals surface area contributed by atoms with Gasteiger partial charge in [0.1, 0.15) is 5.69 Å². The second kappa shape index (κ2) is 7.40. The third kappa shape index (κ3) is 3.13. The van der Waals surface area contributed by atoms with Crippen molar-refractivity contribution in [3.8, 4) is 11.5 Å². The van der Waals surface area contributed by atoms with Crippen molar-refractivity contribution in [1.29, 1.82) is 0 Å². The molecule has 4 heterocycles. The molecule has 6 nitrogen and oxygen atoms in total. The summed E-state index contributed by atoms with van der Waals surface area (Å²) in [6.45, 7) is 4.79. The molecule has 0 saturated heterocycles. The van der Waals surface area contributed by atoms with Crippen LogP contribution in [-0.4, -0.2) is 27.2 Å². The number of carbonyl (C=O) groups is 1. The van der Waals surface area contributed by atoms with E-state index < -0.39 is 0 Å². The van der Waals surface area contributed by atoms with Gasteiger partial charge in [0.25, 0.3) is 5.91 Å². The number of rotatable bonds is 3. The van der Waals surface area contributed by atoms with Crippen LogP contribution in [0.3, 0.4) is 0 Å². The van der Waals surface area contributed by atoms with E-state index >= 15 is 0 Å². The third-order valence-corrected chi connectivity index (χ3v) is 5.96. The number of hydrogen-bond donors (Lipinski definition) is 0. The summed E-state index contributed by atoms with van der Waals surface area (Å²) in [4.78, 5) is 20.4. The molecule has 1 aliphatic heterocycles. The molecule has 0 bridgehead atoms. The van der Waals surface area contributed by atoms with Gasteiger partial charge in [-0.15, -0.1) is 0 Å². The summed E-state index contributed by atoms with van der Waals surface area (Å²) in [5.74, 6) is 0.590. The van der Waals surface area contributed by atoms with E-state index in [1.807, 2.05) is 53.8 Å². The number of anilines is 1. The summed E-state index contributed by atoms with van der Waals surface area (Å²) in [5, 5.41) is 5.27. The molecule has 3 aromatic heterocycles. The lowest BCUT2D eigenvalue weighted by atomic mass is 10.00. The Hall–Kier alpha value is -2.93. The van der Waals surface area contributed by atoms with Crippen LogP contribution in [0.1, 0.15) is 42.2 Å². The highest BCUT2D eigenvalue weighted by Gasteiger charge is 2.27. The Morgan fingerprint density at radius 3 is 2.87 bits per heavy atom. The van der Waals surface area contributed by atoms with Gasteiger partial charge in [0.2, 0.25) is 0 Å². The number of furan rings is 1. The molecule has 0 fully saturated rings. The Morgan fingerprint density at radius 1 is 1.23 bits per heavy atom. The molecule has 1 amide bonds. The predicted octanol–water partition coefficient (Wildman–Crippen LogP) is 5.63.